The van der Waals surface area contributed by atoms with Crippen LogP contribution in [0.25, 0.3) is 10.9 Å². The molecule has 1 aromatic heterocycles. The van der Waals surface area contributed by atoms with E-state index in [-0.39, 0.29) is 5.97 Å². The van der Waals surface area contributed by atoms with Crippen molar-refractivity contribution in [2.75, 3.05) is 20.7 Å². The molecule has 2 aromatic rings. The Bertz CT molecular complexity index is 1180. The second-order valence-corrected chi connectivity index (χ2v) is 11.8. The zero-order valence-corrected chi connectivity index (χ0v) is 27.0. The van der Waals surface area contributed by atoms with Gasteiger partial charge in [0.2, 0.25) is 6.29 Å². The maximum atomic E-state index is 13.1. The van der Waals surface area contributed by atoms with Crippen molar-refractivity contribution in [3.8, 4) is 5.75 Å². The number of hydrogen-bond acceptors (Lipinski definition) is 6. The number of hydrogen-bond donors (Lipinski definition) is 0. The molecule has 0 unspecified atom stereocenters. The normalized spacial score (nSPS) is 16.4. The van der Waals surface area contributed by atoms with Crippen LogP contribution in [0.15, 0.2) is 48.7 Å². The summed E-state index contributed by atoms with van der Waals surface area (Å²) in [5, 5.41) is 0.975. The Labute approximate surface area is 259 Å². The van der Waals surface area contributed by atoms with E-state index in [0.29, 0.717) is 12.5 Å². The number of likely N-dealkylation sites (tertiary alicyclic amines) is 1. The second kappa shape index (κ2) is 19.3. The standard InChI is InChI=1S/C36H54N2O5/c1-5-6-7-8-9-10-11-12-13-14-15-16-17-18-19-22-35(39)42-29(2)43-36(40)38-28-30(26-31-21-20-25-37(31)3)33-27-32(41-4)23-24-34(33)38/h9-10,12-13,23-24,27-29,31H,5-8,11,14-22,25-26H2,1-4H3/b10-9-,13-12-/t29-,31-/m1/s1. The number of unbranched alkanes of at least 4 members (excludes halogenated alkanes) is 8. The van der Waals surface area contributed by atoms with Crippen LogP contribution < -0.4 is 4.74 Å². The molecule has 7 nitrogen and oxygen atoms in total. The molecule has 1 fully saturated rings. The Morgan fingerprint density at radius 3 is 2.40 bits per heavy atom. The Morgan fingerprint density at radius 2 is 1.70 bits per heavy atom. The molecule has 238 valence electrons. The van der Waals surface area contributed by atoms with Gasteiger partial charge < -0.3 is 19.1 Å². The summed E-state index contributed by atoms with van der Waals surface area (Å²) in [6.07, 6.45) is 25.4. The summed E-state index contributed by atoms with van der Waals surface area (Å²) in [7, 11) is 3.79. The van der Waals surface area contributed by atoms with Crippen molar-refractivity contribution >= 4 is 23.0 Å². The summed E-state index contributed by atoms with van der Waals surface area (Å²) in [6, 6.07) is 6.12. The second-order valence-electron chi connectivity index (χ2n) is 11.8. The highest BCUT2D eigenvalue weighted by Gasteiger charge is 2.25. The molecule has 0 spiro atoms. The molecule has 3 rings (SSSR count). The van der Waals surface area contributed by atoms with Crippen molar-refractivity contribution in [2.24, 2.45) is 0 Å². The van der Waals surface area contributed by atoms with Gasteiger partial charge in [-0.05, 0) is 95.1 Å². The van der Waals surface area contributed by atoms with Crippen LogP contribution in [-0.2, 0) is 20.7 Å². The minimum Gasteiger partial charge on any atom is -0.497 e. The van der Waals surface area contributed by atoms with Crippen LogP contribution in [0.1, 0.15) is 109 Å². The summed E-state index contributed by atoms with van der Waals surface area (Å²) in [5.74, 6) is 0.410. The first-order valence-electron chi connectivity index (χ1n) is 16.5. The van der Waals surface area contributed by atoms with Crippen molar-refractivity contribution in [2.45, 2.75) is 122 Å². The van der Waals surface area contributed by atoms with Crippen molar-refractivity contribution in [3.05, 3.63) is 54.3 Å². The summed E-state index contributed by atoms with van der Waals surface area (Å²) >= 11 is 0. The van der Waals surface area contributed by atoms with E-state index in [0.717, 1.165) is 80.1 Å². The third-order valence-corrected chi connectivity index (χ3v) is 8.31. The van der Waals surface area contributed by atoms with Crippen LogP contribution in [0.2, 0.25) is 0 Å². The van der Waals surface area contributed by atoms with Gasteiger partial charge in [0, 0.05) is 31.0 Å². The van der Waals surface area contributed by atoms with Gasteiger partial charge in [-0.1, -0.05) is 63.3 Å². The first-order chi connectivity index (χ1) is 20.9. The summed E-state index contributed by atoms with van der Waals surface area (Å²) in [4.78, 5) is 27.9. The number of likely N-dealkylation sites (N-methyl/N-ethyl adjacent to an activating group) is 1. The number of rotatable bonds is 19. The van der Waals surface area contributed by atoms with Crippen molar-refractivity contribution in [1.82, 2.24) is 9.47 Å². The van der Waals surface area contributed by atoms with Crippen molar-refractivity contribution in [1.29, 1.82) is 0 Å². The topological polar surface area (TPSA) is 70.0 Å². The van der Waals surface area contributed by atoms with Gasteiger partial charge >= 0.3 is 12.1 Å². The molecule has 0 radical (unpaired) electrons. The van der Waals surface area contributed by atoms with Crippen LogP contribution >= 0.6 is 0 Å². The van der Waals surface area contributed by atoms with E-state index in [1.807, 2.05) is 24.4 Å². The Hall–Kier alpha value is -3.06. The number of nitrogens with zero attached hydrogens (tertiary/aromatic N) is 2. The van der Waals surface area contributed by atoms with Crippen LogP contribution in [0.5, 0.6) is 5.75 Å². The highest BCUT2D eigenvalue weighted by Crippen LogP contribution is 2.30. The van der Waals surface area contributed by atoms with Gasteiger partial charge in [-0.3, -0.25) is 9.36 Å². The molecular weight excluding hydrogens is 540 g/mol. The SMILES string of the molecule is CCCCC/C=C\C/C=C\CCCCCCCC(=O)O[C@@H](C)OC(=O)n1cc(C[C@H]2CCCN2C)c2cc(OC)ccc21. The Kier molecular flexibility index (Phi) is 15.4. The Morgan fingerprint density at radius 1 is 0.977 bits per heavy atom. The largest absolute Gasteiger partial charge is 0.497 e. The Balaban J connectivity index is 1.35. The van der Waals surface area contributed by atoms with Gasteiger partial charge in [-0.15, -0.1) is 0 Å². The van der Waals surface area contributed by atoms with Gasteiger partial charge in [0.05, 0.1) is 12.6 Å². The van der Waals surface area contributed by atoms with Gasteiger partial charge in [0.15, 0.2) is 0 Å². The number of esters is 1. The average molecular weight is 595 g/mol. The summed E-state index contributed by atoms with van der Waals surface area (Å²) in [5.41, 5.74) is 1.83. The van der Waals surface area contributed by atoms with Gasteiger partial charge in [-0.25, -0.2) is 4.79 Å². The quantitative estimate of drug-likeness (QED) is 0.0700. The summed E-state index contributed by atoms with van der Waals surface area (Å²) in [6.45, 7) is 4.92. The number of ether oxygens (including phenoxy) is 3. The maximum absolute atomic E-state index is 13.1. The van der Waals surface area contributed by atoms with Crippen LogP contribution in [0.3, 0.4) is 0 Å². The number of fused-ring (bicyclic) bond motifs is 1. The third kappa shape index (κ3) is 11.9. The number of allylic oxidation sites excluding steroid dienone is 4. The molecule has 0 N–H and O–H groups in total. The summed E-state index contributed by atoms with van der Waals surface area (Å²) < 4.78 is 17.9. The first kappa shape index (κ1) is 34.4. The van der Waals surface area contributed by atoms with Gasteiger partial charge in [0.25, 0.3) is 0 Å². The molecule has 0 saturated carbocycles. The smallest absolute Gasteiger partial charge is 0.421 e. The predicted octanol–water partition coefficient (Wildman–Crippen LogP) is 8.97. The molecule has 7 heteroatoms. The van der Waals surface area contributed by atoms with E-state index >= 15 is 0 Å². The van der Waals surface area contributed by atoms with E-state index in [4.69, 9.17) is 14.2 Å². The highest BCUT2D eigenvalue weighted by molar-refractivity contribution is 5.93. The molecule has 2 atom stereocenters. The van der Waals surface area contributed by atoms with E-state index in [2.05, 4.69) is 43.2 Å². The fourth-order valence-corrected chi connectivity index (χ4v) is 5.76. The van der Waals surface area contributed by atoms with E-state index in [1.54, 1.807) is 14.0 Å². The number of carbonyl (C=O) groups excluding carboxylic acids is 2. The lowest BCUT2D eigenvalue weighted by Crippen LogP contribution is -2.26. The molecule has 43 heavy (non-hydrogen) atoms. The number of methoxy groups -OCH3 is 1. The molecular formula is C36H54N2O5. The molecule has 0 bridgehead atoms. The first-order valence-corrected chi connectivity index (χ1v) is 16.5. The molecule has 0 amide bonds. The number of aromatic nitrogens is 1. The molecule has 2 heterocycles. The van der Waals surface area contributed by atoms with E-state index in [1.165, 1.54) is 43.1 Å². The lowest BCUT2D eigenvalue weighted by atomic mass is 10.0. The molecule has 1 aromatic carbocycles. The average Bonchev–Trinajstić information content (AvgIpc) is 3.57. The predicted molar refractivity (Wildman–Crippen MR) is 175 cm³/mol. The third-order valence-electron chi connectivity index (χ3n) is 8.31. The van der Waals surface area contributed by atoms with Crippen LogP contribution in [0.4, 0.5) is 4.79 Å². The van der Waals surface area contributed by atoms with Gasteiger partial charge in [-0.2, -0.15) is 0 Å². The zero-order valence-electron chi connectivity index (χ0n) is 27.0. The zero-order chi connectivity index (χ0) is 30.9. The van der Waals surface area contributed by atoms with E-state index in [9.17, 15) is 9.59 Å². The fraction of sp³-hybridized carbons (Fsp3) is 0.611. The maximum Gasteiger partial charge on any atom is 0.421 e. The van der Waals surface area contributed by atoms with Crippen LogP contribution in [-0.4, -0.2) is 54.6 Å². The lowest BCUT2D eigenvalue weighted by molar-refractivity contribution is -0.164. The minimum atomic E-state index is -0.960. The van der Waals surface area contributed by atoms with Crippen molar-refractivity contribution < 1.29 is 23.8 Å². The molecule has 1 saturated heterocycles. The molecule has 1 aliphatic rings. The number of carbonyl (C=O) groups is 2. The minimum absolute atomic E-state index is 0.331. The van der Waals surface area contributed by atoms with Crippen LogP contribution in [0, 0.1) is 0 Å². The molecule has 1 aliphatic heterocycles. The van der Waals surface area contributed by atoms with E-state index < -0.39 is 12.4 Å². The number of benzene rings is 1. The monoisotopic (exact) mass is 594 g/mol. The molecule has 0 aliphatic carbocycles. The van der Waals surface area contributed by atoms with Crippen molar-refractivity contribution in [3.63, 3.8) is 0 Å². The van der Waals surface area contributed by atoms with Gasteiger partial charge in [0.1, 0.15) is 5.75 Å². The fourth-order valence-electron chi connectivity index (χ4n) is 5.76. The lowest BCUT2D eigenvalue weighted by Gasteiger charge is -2.18. The highest BCUT2D eigenvalue weighted by atomic mass is 16.7.